The van der Waals surface area contributed by atoms with E-state index in [1.165, 1.54) is 11.5 Å². The molecule has 1 N–H and O–H groups in total. The van der Waals surface area contributed by atoms with Crippen LogP contribution in [0.3, 0.4) is 0 Å². The summed E-state index contributed by atoms with van der Waals surface area (Å²) in [6.07, 6.45) is 0. The Morgan fingerprint density at radius 1 is 1.80 bits per heavy atom. The third-order valence-corrected chi connectivity index (χ3v) is 1.46. The number of nitrogens with zero attached hydrogens (tertiary/aromatic N) is 2. The van der Waals surface area contributed by atoms with Crippen LogP contribution >= 0.6 is 11.5 Å². The summed E-state index contributed by atoms with van der Waals surface area (Å²) in [6.45, 7) is 3.22. The van der Waals surface area contributed by atoms with Gasteiger partial charge in [0.25, 0.3) is 0 Å². The van der Waals surface area contributed by atoms with Crippen LogP contribution in [-0.4, -0.2) is 16.2 Å². The predicted octanol–water partition coefficient (Wildman–Crippen LogP) is 0.579. The zero-order valence-electron chi connectivity index (χ0n) is 5.70. The minimum absolute atomic E-state index is 0.629. The Morgan fingerprint density at radius 2 is 2.70 bits per heavy atom. The zero-order valence-corrected chi connectivity index (χ0v) is 6.52. The van der Waals surface area contributed by atoms with Gasteiger partial charge in [0.1, 0.15) is 0 Å². The number of rotatable bonds is 4. The van der Waals surface area contributed by atoms with Crippen LogP contribution in [-0.2, 0) is 11.4 Å². The summed E-state index contributed by atoms with van der Waals surface area (Å²) in [6, 6.07) is 0. The van der Waals surface area contributed by atoms with Crippen LogP contribution in [0, 0.1) is 0 Å². The lowest BCUT2D eigenvalue weighted by molar-refractivity contribution is 0.0456. The molecule has 4 nitrogen and oxygen atoms in total. The van der Waals surface area contributed by atoms with Crippen molar-refractivity contribution in [2.45, 2.75) is 13.5 Å². The van der Waals surface area contributed by atoms with Crippen molar-refractivity contribution in [1.82, 2.24) is 15.1 Å². The maximum absolute atomic E-state index is 4.89. The van der Waals surface area contributed by atoms with E-state index in [2.05, 4.69) is 15.1 Å². The summed E-state index contributed by atoms with van der Waals surface area (Å²) < 4.78 is 3.70. The van der Waals surface area contributed by atoms with Crippen LogP contribution in [0.2, 0.25) is 0 Å². The van der Waals surface area contributed by atoms with Gasteiger partial charge >= 0.3 is 0 Å². The van der Waals surface area contributed by atoms with Crippen molar-refractivity contribution in [2.24, 2.45) is 0 Å². The number of aromatic nitrogens is 2. The minimum Gasteiger partial charge on any atom is -0.302 e. The molecule has 0 aromatic carbocycles. The van der Waals surface area contributed by atoms with E-state index < -0.39 is 0 Å². The molecule has 5 heteroatoms. The summed E-state index contributed by atoms with van der Waals surface area (Å²) in [4.78, 5) is 4.89. The maximum atomic E-state index is 4.89. The lowest BCUT2D eigenvalue weighted by atomic mass is 10.5. The molecule has 0 aliphatic carbocycles. The second kappa shape index (κ2) is 4.32. The highest BCUT2D eigenvalue weighted by molar-refractivity contribution is 7.03. The summed E-state index contributed by atoms with van der Waals surface area (Å²) in [7, 11) is 0. The average molecular weight is 159 g/mol. The number of hydrogen-bond donors (Lipinski definition) is 1. The van der Waals surface area contributed by atoms with Crippen molar-refractivity contribution < 1.29 is 4.84 Å². The van der Waals surface area contributed by atoms with Gasteiger partial charge in [0.05, 0.1) is 18.8 Å². The molecule has 0 spiro atoms. The van der Waals surface area contributed by atoms with Crippen molar-refractivity contribution in [3.63, 3.8) is 0 Å². The Balaban J connectivity index is 2.15. The Kier molecular flexibility index (Phi) is 3.28. The van der Waals surface area contributed by atoms with Gasteiger partial charge in [-0.05, 0) is 18.5 Å². The first kappa shape index (κ1) is 7.59. The molecular formula is C5H9N3OS. The van der Waals surface area contributed by atoms with Crippen LogP contribution in [0.5, 0.6) is 0 Å². The van der Waals surface area contributed by atoms with E-state index in [-0.39, 0.29) is 0 Å². The molecule has 1 aromatic rings. The fourth-order valence-corrected chi connectivity index (χ4v) is 0.939. The molecule has 0 aliphatic rings. The third kappa shape index (κ3) is 2.38. The van der Waals surface area contributed by atoms with Gasteiger partial charge in [-0.3, -0.25) is 0 Å². The van der Waals surface area contributed by atoms with E-state index in [1.807, 2.05) is 12.3 Å². The fraction of sp³-hybridized carbons (Fsp3) is 0.600. The molecule has 0 fully saturated rings. The second-order valence-electron chi connectivity index (χ2n) is 1.65. The molecule has 0 bridgehead atoms. The van der Waals surface area contributed by atoms with E-state index in [1.54, 1.807) is 0 Å². The standard InChI is InChI=1S/C5H9N3OS/c1-2-9-6-3-5-4-10-8-7-5/h4,6H,2-3H2,1H3. The first-order valence-electron chi connectivity index (χ1n) is 3.04. The van der Waals surface area contributed by atoms with Crippen molar-refractivity contribution in [3.05, 3.63) is 11.1 Å². The van der Waals surface area contributed by atoms with Crippen LogP contribution in [0.25, 0.3) is 0 Å². The average Bonchev–Trinajstić information content (AvgIpc) is 2.41. The first-order valence-corrected chi connectivity index (χ1v) is 3.87. The molecule has 0 radical (unpaired) electrons. The fourth-order valence-electron chi connectivity index (χ4n) is 0.488. The predicted molar refractivity (Wildman–Crippen MR) is 38.4 cm³/mol. The molecule has 1 rings (SSSR count). The summed E-state index contributed by atoms with van der Waals surface area (Å²) in [5.74, 6) is 0. The van der Waals surface area contributed by atoms with Gasteiger partial charge in [-0.1, -0.05) is 4.49 Å². The second-order valence-corrected chi connectivity index (χ2v) is 2.26. The molecule has 0 aliphatic heterocycles. The van der Waals surface area contributed by atoms with Crippen LogP contribution < -0.4 is 5.48 Å². The molecule has 10 heavy (non-hydrogen) atoms. The molecule has 0 unspecified atom stereocenters. The van der Waals surface area contributed by atoms with Crippen molar-refractivity contribution >= 4 is 11.5 Å². The van der Waals surface area contributed by atoms with Crippen molar-refractivity contribution in [2.75, 3.05) is 6.61 Å². The van der Waals surface area contributed by atoms with Crippen LogP contribution in [0.4, 0.5) is 0 Å². The number of hydrogen-bond acceptors (Lipinski definition) is 5. The highest BCUT2D eigenvalue weighted by Crippen LogP contribution is 1.94. The monoisotopic (exact) mass is 159 g/mol. The molecule has 56 valence electrons. The topological polar surface area (TPSA) is 47.0 Å². The SMILES string of the molecule is CCONCc1csnn1. The zero-order chi connectivity index (χ0) is 7.23. The largest absolute Gasteiger partial charge is 0.302 e. The van der Waals surface area contributed by atoms with Gasteiger partial charge in [0.2, 0.25) is 0 Å². The smallest absolute Gasteiger partial charge is 0.0917 e. The minimum atomic E-state index is 0.629. The Labute approximate surface area is 63.3 Å². The van der Waals surface area contributed by atoms with Gasteiger partial charge in [-0.15, -0.1) is 5.10 Å². The molecule has 0 atom stereocenters. The van der Waals surface area contributed by atoms with E-state index >= 15 is 0 Å². The van der Waals surface area contributed by atoms with Gasteiger partial charge in [-0.25, -0.2) is 0 Å². The molecule has 0 saturated heterocycles. The molecule has 1 aromatic heterocycles. The number of hydroxylamine groups is 1. The van der Waals surface area contributed by atoms with Crippen molar-refractivity contribution in [3.8, 4) is 0 Å². The Hall–Kier alpha value is -0.520. The van der Waals surface area contributed by atoms with E-state index in [0.717, 1.165) is 5.69 Å². The lowest BCUT2D eigenvalue weighted by Crippen LogP contribution is -2.13. The van der Waals surface area contributed by atoms with Crippen LogP contribution in [0.1, 0.15) is 12.6 Å². The Bertz CT molecular complexity index is 165. The van der Waals surface area contributed by atoms with E-state index in [0.29, 0.717) is 13.2 Å². The lowest BCUT2D eigenvalue weighted by Gasteiger charge is -1.97. The Morgan fingerprint density at radius 3 is 3.30 bits per heavy atom. The first-order chi connectivity index (χ1) is 4.93. The summed E-state index contributed by atoms with van der Waals surface area (Å²) >= 11 is 1.34. The van der Waals surface area contributed by atoms with E-state index in [9.17, 15) is 0 Å². The van der Waals surface area contributed by atoms with Crippen LogP contribution in [0.15, 0.2) is 5.38 Å². The summed E-state index contributed by atoms with van der Waals surface area (Å²) in [5, 5.41) is 5.70. The summed E-state index contributed by atoms with van der Waals surface area (Å²) in [5.41, 5.74) is 3.66. The van der Waals surface area contributed by atoms with Gasteiger partial charge in [0, 0.05) is 5.38 Å². The third-order valence-electron chi connectivity index (χ3n) is 0.905. The van der Waals surface area contributed by atoms with E-state index in [4.69, 9.17) is 4.84 Å². The normalized spacial score (nSPS) is 10.1. The quantitative estimate of drug-likeness (QED) is 0.515. The highest BCUT2D eigenvalue weighted by atomic mass is 32.1. The van der Waals surface area contributed by atoms with Gasteiger partial charge in [0.15, 0.2) is 0 Å². The molecule has 0 saturated carbocycles. The van der Waals surface area contributed by atoms with Crippen molar-refractivity contribution in [1.29, 1.82) is 0 Å². The van der Waals surface area contributed by atoms with Gasteiger partial charge < -0.3 is 4.84 Å². The molecular weight excluding hydrogens is 150 g/mol. The maximum Gasteiger partial charge on any atom is 0.0917 e. The highest BCUT2D eigenvalue weighted by Gasteiger charge is 1.92. The van der Waals surface area contributed by atoms with Gasteiger partial charge in [-0.2, -0.15) is 5.48 Å². The molecule has 0 amide bonds. The molecule has 1 heterocycles. The number of nitrogens with one attached hydrogen (secondary N) is 1.